The standard InChI is InChI=1S/C10H20N2O.CH4O4S/c1-9(10(11)13)7-5-6-8-12(2,3)4;1-5-6(2,3)4/h7H,5-6,8H2,1-4H3,(H-,11,13);1H3,(H,2,3,4). The van der Waals surface area contributed by atoms with Crippen LogP contribution in [0.1, 0.15) is 19.8 Å². The third-order valence-electron chi connectivity index (χ3n) is 2.08. The van der Waals surface area contributed by atoms with Gasteiger partial charge in [-0.2, -0.15) is 0 Å². The Labute approximate surface area is 115 Å². The zero-order chi connectivity index (χ0) is 15.7. The molecule has 8 heteroatoms. The molecule has 0 atom stereocenters. The summed E-state index contributed by atoms with van der Waals surface area (Å²) in [5, 5.41) is 0. The number of allylic oxidation sites excluding steroid dienone is 1. The van der Waals surface area contributed by atoms with Gasteiger partial charge in [0, 0.05) is 12.0 Å². The number of hydrogen-bond acceptors (Lipinski definition) is 5. The SMILES string of the molecule is CC(=CCCC[N+](C)(C)C)C(N)=O.COS(=O)(=O)[O-]. The van der Waals surface area contributed by atoms with E-state index in [2.05, 4.69) is 25.3 Å². The molecule has 0 bridgehead atoms. The molecule has 0 aromatic heterocycles. The Morgan fingerprint density at radius 1 is 1.37 bits per heavy atom. The van der Waals surface area contributed by atoms with Gasteiger partial charge in [0.2, 0.25) is 16.3 Å². The predicted octanol–water partition coefficient (Wildman–Crippen LogP) is -0.00260. The molecule has 0 aliphatic heterocycles. The Kier molecular flexibility index (Phi) is 9.67. The van der Waals surface area contributed by atoms with Crippen LogP contribution in [-0.4, -0.2) is 58.2 Å². The Morgan fingerprint density at radius 3 is 2.05 bits per heavy atom. The Bertz CT molecular complexity index is 396. The molecule has 0 saturated carbocycles. The Balaban J connectivity index is 0. The fourth-order valence-corrected chi connectivity index (χ4v) is 0.985. The molecule has 0 radical (unpaired) electrons. The minimum absolute atomic E-state index is 0.315. The van der Waals surface area contributed by atoms with E-state index in [1.54, 1.807) is 6.92 Å². The summed E-state index contributed by atoms with van der Waals surface area (Å²) in [7, 11) is 2.87. The monoisotopic (exact) mass is 296 g/mol. The molecule has 0 spiro atoms. The molecule has 0 heterocycles. The number of quaternary nitrogens is 1. The van der Waals surface area contributed by atoms with E-state index in [9.17, 15) is 17.8 Å². The topological polar surface area (TPSA) is 110 Å². The molecule has 114 valence electrons. The second kappa shape index (κ2) is 9.03. The highest BCUT2D eigenvalue weighted by atomic mass is 32.3. The molecule has 0 aromatic rings. The molecular weight excluding hydrogens is 272 g/mol. The van der Waals surface area contributed by atoms with Gasteiger partial charge in [0.15, 0.2) is 0 Å². The van der Waals surface area contributed by atoms with Crippen molar-refractivity contribution < 1.29 is 26.4 Å². The van der Waals surface area contributed by atoms with Gasteiger partial charge >= 0.3 is 0 Å². The fourth-order valence-electron chi connectivity index (χ4n) is 0.985. The normalized spacial score (nSPS) is 12.6. The lowest BCUT2D eigenvalue weighted by Crippen LogP contribution is -2.35. The summed E-state index contributed by atoms with van der Waals surface area (Å²) in [6.45, 7) is 2.87. The zero-order valence-corrected chi connectivity index (χ0v) is 13.0. The van der Waals surface area contributed by atoms with E-state index in [0.29, 0.717) is 5.57 Å². The van der Waals surface area contributed by atoms with Crippen LogP contribution >= 0.6 is 0 Å². The van der Waals surface area contributed by atoms with E-state index in [-0.39, 0.29) is 5.91 Å². The number of amides is 1. The number of carbonyl (C=O) groups is 1. The highest BCUT2D eigenvalue weighted by Crippen LogP contribution is 2.01. The first-order chi connectivity index (χ1) is 8.39. The largest absolute Gasteiger partial charge is 0.726 e. The van der Waals surface area contributed by atoms with Crippen LogP contribution in [0.4, 0.5) is 0 Å². The van der Waals surface area contributed by atoms with Gasteiger partial charge in [-0.25, -0.2) is 8.42 Å². The number of nitrogens with two attached hydrogens (primary N) is 1. The van der Waals surface area contributed by atoms with E-state index in [1.807, 2.05) is 6.08 Å². The van der Waals surface area contributed by atoms with Gasteiger partial charge in [0.25, 0.3) is 0 Å². The van der Waals surface area contributed by atoms with Crippen molar-refractivity contribution >= 4 is 16.3 Å². The number of carbonyl (C=O) groups excluding carboxylic acids is 1. The van der Waals surface area contributed by atoms with Crippen molar-refractivity contribution in [1.29, 1.82) is 0 Å². The van der Waals surface area contributed by atoms with E-state index in [4.69, 9.17) is 5.73 Å². The summed E-state index contributed by atoms with van der Waals surface area (Å²) in [5.74, 6) is -0.315. The number of nitrogens with zero attached hydrogens (tertiary/aromatic N) is 1. The summed E-state index contributed by atoms with van der Waals surface area (Å²) in [6.07, 6.45) is 3.94. The van der Waals surface area contributed by atoms with Crippen molar-refractivity contribution in [1.82, 2.24) is 0 Å². The van der Waals surface area contributed by atoms with Gasteiger partial charge in [0.1, 0.15) is 0 Å². The van der Waals surface area contributed by atoms with Crippen LogP contribution in [0.25, 0.3) is 0 Å². The summed E-state index contributed by atoms with van der Waals surface area (Å²) < 4.78 is 32.0. The number of hydrogen-bond donors (Lipinski definition) is 1. The van der Waals surface area contributed by atoms with Crippen LogP contribution in [0.3, 0.4) is 0 Å². The minimum Gasteiger partial charge on any atom is -0.726 e. The van der Waals surface area contributed by atoms with Gasteiger partial charge in [-0.15, -0.1) is 0 Å². The van der Waals surface area contributed by atoms with E-state index in [0.717, 1.165) is 31.0 Å². The van der Waals surface area contributed by atoms with E-state index < -0.39 is 10.4 Å². The summed E-state index contributed by atoms with van der Waals surface area (Å²) in [5.41, 5.74) is 5.76. The smallest absolute Gasteiger partial charge is 0.244 e. The Hall–Kier alpha value is -0.960. The van der Waals surface area contributed by atoms with Crippen molar-refractivity contribution in [2.24, 2.45) is 5.73 Å². The summed E-state index contributed by atoms with van der Waals surface area (Å²) >= 11 is 0. The van der Waals surface area contributed by atoms with Crippen molar-refractivity contribution in [3.63, 3.8) is 0 Å². The second-order valence-electron chi connectivity index (χ2n) is 4.98. The molecule has 7 nitrogen and oxygen atoms in total. The average molecular weight is 296 g/mol. The van der Waals surface area contributed by atoms with Crippen LogP contribution in [0.2, 0.25) is 0 Å². The molecule has 1 amide bonds. The summed E-state index contributed by atoms with van der Waals surface area (Å²) in [6, 6.07) is 0. The third kappa shape index (κ3) is 19.6. The van der Waals surface area contributed by atoms with Crippen LogP contribution in [0.15, 0.2) is 11.6 Å². The maximum Gasteiger partial charge on any atom is 0.244 e. The number of primary amides is 1. The van der Waals surface area contributed by atoms with Crippen LogP contribution in [0.5, 0.6) is 0 Å². The highest BCUT2D eigenvalue weighted by molar-refractivity contribution is 7.80. The maximum atomic E-state index is 10.6. The first kappa shape index (κ1) is 20.4. The second-order valence-corrected chi connectivity index (χ2v) is 6.13. The lowest BCUT2D eigenvalue weighted by Gasteiger charge is -2.23. The minimum atomic E-state index is -4.41. The van der Waals surface area contributed by atoms with Crippen LogP contribution in [-0.2, 0) is 19.4 Å². The zero-order valence-electron chi connectivity index (χ0n) is 12.2. The van der Waals surface area contributed by atoms with Gasteiger partial charge in [-0.1, -0.05) is 6.08 Å². The molecule has 0 fully saturated rings. The van der Waals surface area contributed by atoms with Crippen molar-refractivity contribution in [3.05, 3.63) is 11.6 Å². The quantitative estimate of drug-likeness (QED) is 0.244. The predicted molar refractivity (Wildman–Crippen MR) is 71.8 cm³/mol. The van der Waals surface area contributed by atoms with Crippen LogP contribution in [0, 0.1) is 0 Å². The first-order valence-corrected chi connectivity index (χ1v) is 7.01. The lowest BCUT2D eigenvalue weighted by molar-refractivity contribution is -0.870. The van der Waals surface area contributed by atoms with Gasteiger partial charge in [-0.05, 0) is 13.3 Å². The molecular formula is C11H24N2O5S. The molecule has 0 rings (SSSR count). The van der Waals surface area contributed by atoms with Crippen molar-refractivity contribution in [2.75, 3.05) is 34.8 Å². The fraction of sp³-hybridized carbons (Fsp3) is 0.727. The van der Waals surface area contributed by atoms with E-state index in [1.165, 1.54) is 0 Å². The molecule has 0 unspecified atom stereocenters. The van der Waals surface area contributed by atoms with Gasteiger partial charge in [-0.3, -0.25) is 8.98 Å². The first-order valence-electron chi connectivity index (χ1n) is 5.67. The number of rotatable bonds is 6. The average Bonchev–Trinajstić information content (AvgIpc) is 2.22. The lowest BCUT2D eigenvalue weighted by atomic mass is 10.2. The maximum absolute atomic E-state index is 10.6. The summed E-state index contributed by atoms with van der Waals surface area (Å²) in [4.78, 5) is 10.6. The van der Waals surface area contributed by atoms with Crippen molar-refractivity contribution in [3.8, 4) is 0 Å². The molecule has 19 heavy (non-hydrogen) atoms. The van der Waals surface area contributed by atoms with Crippen LogP contribution < -0.4 is 5.73 Å². The van der Waals surface area contributed by atoms with E-state index >= 15 is 0 Å². The molecule has 0 saturated heterocycles. The van der Waals surface area contributed by atoms with Gasteiger partial charge < -0.3 is 14.8 Å². The molecule has 0 aliphatic rings. The third-order valence-corrected chi connectivity index (χ3v) is 2.48. The number of unbranched alkanes of at least 4 members (excludes halogenated alkanes) is 1. The molecule has 0 aliphatic carbocycles. The van der Waals surface area contributed by atoms with Crippen molar-refractivity contribution in [2.45, 2.75) is 19.8 Å². The molecule has 2 N–H and O–H groups in total. The molecule has 0 aromatic carbocycles. The Morgan fingerprint density at radius 2 is 1.79 bits per heavy atom. The van der Waals surface area contributed by atoms with Gasteiger partial charge in [0.05, 0.1) is 34.8 Å². The highest BCUT2D eigenvalue weighted by Gasteiger charge is 2.04.